The monoisotopic (exact) mass is 154 g/mol. The Kier molecular flexibility index (Phi) is 2.46. The lowest BCUT2D eigenvalue weighted by Gasteiger charge is -1.93. The lowest BCUT2D eigenvalue weighted by Crippen LogP contribution is -2.02. The highest BCUT2D eigenvalue weighted by molar-refractivity contribution is 5.15. The fourth-order valence-corrected chi connectivity index (χ4v) is 0.965. The van der Waals surface area contributed by atoms with E-state index in [1.165, 1.54) is 0 Å². The van der Waals surface area contributed by atoms with Gasteiger partial charge in [-0.1, -0.05) is 6.92 Å². The van der Waals surface area contributed by atoms with Crippen LogP contribution in [0.2, 0.25) is 0 Å². The molecule has 0 amide bonds. The molecule has 1 aromatic rings. The Balaban J connectivity index is 2.77. The van der Waals surface area contributed by atoms with Crippen LogP contribution >= 0.6 is 0 Å². The van der Waals surface area contributed by atoms with E-state index in [4.69, 9.17) is 5.73 Å². The van der Waals surface area contributed by atoms with Crippen LogP contribution in [0.15, 0.2) is 0 Å². The van der Waals surface area contributed by atoms with Crippen LogP contribution in [0, 0.1) is 0 Å². The van der Waals surface area contributed by atoms with Crippen molar-refractivity contribution < 1.29 is 0 Å². The zero-order chi connectivity index (χ0) is 8.27. The van der Waals surface area contributed by atoms with Gasteiger partial charge in [0.25, 0.3) is 0 Å². The summed E-state index contributed by atoms with van der Waals surface area (Å²) in [6, 6.07) is 0. The fourth-order valence-electron chi connectivity index (χ4n) is 0.965. The number of hydrogen-bond donors (Lipinski definition) is 1. The molecule has 0 aliphatic carbocycles. The quantitative estimate of drug-likeness (QED) is 0.701. The van der Waals surface area contributed by atoms with E-state index in [0.717, 1.165) is 25.2 Å². The molecule has 62 valence electrons. The SMILES string of the molecule is CCCc1nc(N)n(CC)n1. The topological polar surface area (TPSA) is 56.7 Å². The van der Waals surface area contributed by atoms with Crippen LogP contribution in [0.25, 0.3) is 0 Å². The summed E-state index contributed by atoms with van der Waals surface area (Å²) < 4.78 is 1.71. The molecule has 0 fully saturated rings. The van der Waals surface area contributed by atoms with E-state index in [1.54, 1.807) is 4.68 Å². The van der Waals surface area contributed by atoms with E-state index in [1.807, 2.05) is 6.92 Å². The van der Waals surface area contributed by atoms with Crippen LogP contribution in [-0.2, 0) is 13.0 Å². The Bertz CT molecular complexity index is 228. The van der Waals surface area contributed by atoms with Crippen molar-refractivity contribution in [3.05, 3.63) is 5.82 Å². The molecular formula is C7H14N4. The summed E-state index contributed by atoms with van der Waals surface area (Å²) in [7, 11) is 0. The first-order valence-electron chi connectivity index (χ1n) is 3.97. The van der Waals surface area contributed by atoms with Gasteiger partial charge in [0, 0.05) is 13.0 Å². The van der Waals surface area contributed by atoms with E-state index in [2.05, 4.69) is 17.0 Å². The lowest BCUT2D eigenvalue weighted by atomic mass is 10.3. The van der Waals surface area contributed by atoms with Crippen LogP contribution in [-0.4, -0.2) is 14.8 Å². The molecule has 2 N–H and O–H groups in total. The molecule has 1 heterocycles. The van der Waals surface area contributed by atoms with Crippen LogP contribution in [0.3, 0.4) is 0 Å². The summed E-state index contributed by atoms with van der Waals surface area (Å²) in [4.78, 5) is 4.10. The van der Waals surface area contributed by atoms with E-state index in [-0.39, 0.29) is 0 Å². The third-order valence-electron chi connectivity index (χ3n) is 1.52. The van der Waals surface area contributed by atoms with Crippen molar-refractivity contribution in [2.24, 2.45) is 0 Å². The summed E-state index contributed by atoms with van der Waals surface area (Å²) in [5, 5.41) is 4.20. The molecule has 0 spiro atoms. The van der Waals surface area contributed by atoms with Crippen LogP contribution < -0.4 is 5.73 Å². The molecule has 0 aliphatic heterocycles. The van der Waals surface area contributed by atoms with Crippen molar-refractivity contribution in [1.29, 1.82) is 0 Å². The van der Waals surface area contributed by atoms with E-state index < -0.39 is 0 Å². The number of hydrogen-bond acceptors (Lipinski definition) is 3. The van der Waals surface area contributed by atoms with Crippen molar-refractivity contribution in [3.63, 3.8) is 0 Å². The minimum absolute atomic E-state index is 0.524. The minimum atomic E-state index is 0.524. The Morgan fingerprint density at radius 2 is 2.18 bits per heavy atom. The van der Waals surface area contributed by atoms with Crippen molar-refractivity contribution in [1.82, 2.24) is 14.8 Å². The molecule has 0 aromatic carbocycles. The van der Waals surface area contributed by atoms with Gasteiger partial charge in [-0.2, -0.15) is 10.1 Å². The molecule has 4 nitrogen and oxygen atoms in total. The third kappa shape index (κ3) is 1.69. The van der Waals surface area contributed by atoms with Gasteiger partial charge in [0.15, 0.2) is 5.82 Å². The number of nitrogen functional groups attached to an aromatic ring is 1. The summed E-state index contributed by atoms with van der Waals surface area (Å²) in [6.45, 7) is 4.89. The maximum Gasteiger partial charge on any atom is 0.218 e. The number of rotatable bonds is 3. The minimum Gasteiger partial charge on any atom is -0.368 e. The zero-order valence-corrected chi connectivity index (χ0v) is 7.04. The highest BCUT2D eigenvalue weighted by atomic mass is 15.4. The first kappa shape index (κ1) is 8.04. The smallest absolute Gasteiger partial charge is 0.218 e. The highest BCUT2D eigenvalue weighted by Crippen LogP contribution is 2.01. The van der Waals surface area contributed by atoms with Gasteiger partial charge in [-0.15, -0.1) is 0 Å². The highest BCUT2D eigenvalue weighted by Gasteiger charge is 2.02. The number of anilines is 1. The average Bonchev–Trinajstić information content (AvgIpc) is 2.32. The fraction of sp³-hybridized carbons (Fsp3) is 0.714. The molecule has 0 saturated heterocycles. The first-order chi connectivity index (χ1) is 5.27. The Hall–Kier alpha value is -1.06. The second-order valence-corrected chi connectivity index (χ2v) is 2.45. The van der Waals surface area contributed by atoms with Gasteiger partial charge in [-0.3, -0.25) is 0 Å². The molecule has 0 bridgehead atoms. The summed E-state index contributed by atoms with van der Waals surface area (Å²) >= 11 is 0. The van der Waals surface area contributed by atoms with Crippen molar-refractivity contribution in [2.75, 3.05) is 5.73 Å². The van der Waals surface area contributed by atoms with Gasteiger partial charge in [-0.25, -0.2) is 4.68 Å². The van der Waals surface area contributed by atoms with Gasteiger partial charge in [0.05, 0.1) is 0 Å². The molecule has 11 heavy (non-hydrogen) atoms. The van der Waals surface area contributed by atoms with Crippen LogP contribution in [0.5, 0.6) is 0 Å². The molecule has 1 aromatic heterocycles. The van der Waals surface area contributed by atoms with Crippen molar-refractivity contribution >= 4 is 5.95 Å². The molecule has 0 unspecified atom stereocenters. The number of aromatic nitrogens is 3. The number of nitrogens with zero attached hydrogens (tertiary/aromatic N) is 3. The first-order valence-corrected chi connectivity index (χ1v) is 3.97. The van der Waals surface area contributed by atoms with Crippen LogP contribution in [0.1, 0.15) is 26.1 Å². The predicted molar refractivity (Wildman–Crippen MR) is 44.1 cm³/mol. The largest absolute Gasteiger partial charge is 0.368 e. The van der Waals surface area contributed by atoms with E-state index in [0.29, 0.717) is 5.95 Å². The Morgan fingerprint density at radius 3 is 2.64 bits per heavy atom. The van der Waals surface area contributed by atoms with Gasteiger partial charge in [-0.05, 0) is 13.3 Å². The Morgan fingerprint density at radius 1 is 1.45 bits per heavy atom. The van der Waals surface area contributed by atoms with E-state index >= 15 is 0 Å². The molecule has 0 aliphatic rings. The molecular weight excluding hydrogens is 140 g/mol. The molecule has 0 saturated carbocycles. The molecule has 0 radical (unpaired) electrons. The summed E-state index contributed by atoms with van der Waals surface area (Å²) in [6.07, 6.45) is 1.98. The third-order valence-corrected chi connectivity index (χ3v) is 1.52. The van der Waals surface area contributed by atoms with Gasteiger partial charge in [0.2, 0.25) is 5.95 Å². The second kappa shape index (κ2) is 3.37. The maximum atomic E-state index is 5.57. The zero-order valence-electron chi connectivity index (χ0n) is 7.04. The summed E-state index contributed by atoms with van der Waals surface area (Å²) in [5.41, 5.74) is 5.57. The second-order valence-electron chi connectivity index (χ2n) is 2.45. The number of nitrogens with two attached hydrogens (primary N) is 1. The lowest BCUT2D eigenvalue weighted by molar-refractivity contribution is 0.652. The normalized spacial score (nSPS) is 10.4. The van der Waals surface area contributed by atoms with Gasteiger partial charge in [0.1, 0.15) is 0 Å². The molecule has 1 rings (SSSR count). The molecule has 4 heteroatoms. The molecule has 0 atom stereocenters. The van der Waals surface area contributed by atoms with Crippen molar-refractivity contribution in [3.8, 4) is 0 Å². The predicted octanol–water partition coefficient (Wildman–Crippen LogP) is 0.833. The van der Waals surface area contributed by atoms with Gasteiger partial charge >= 0.3 is 0 Å². The maximum absolute atomic E-state index is 5.57. The van der Waals surface area contributed by atoms with Gasteiger partial charge < -0.3 is 5.73 Å². The standard InChI is InChI=1S/C7H14N4/c1-3-5-6-9-7(8)11(4-2)10-6/h3-5H2,1-2H3,(H2,8,9,10). The van der Waals surface area contributed by atoms with E-state index in [9.17, 15) is 0 Å². The Labute approximate surface area is 66.4 Å². The van der Waals surface area contributed by atoms with Crippen molar-refractivity contribution in [2.45, 2.75) is 33.2 Å². The summed E-state index contributed by atoms with van der Waals surface area (Å²) in [5.74, 6) is 1.38. The average molecular weight is 154 g/mol. The van der Waals surface area contributed by atoms with Crippen LogP contribution in [0.4, 0.5) is 5.95 Å². The number of aryl methyl sites for hydroxylation is 2.